The molecular weight excluding hydrogens is 155 g/mol. The van der Waals surface area contributed by atoms with Gasteiger partial charge in [-0.15, -0.1) is 0 Å². The molecule has 0 amide bonds. The SMILES string of the molecule is CC(C)(C)B(C(C)(C)C)C(C)(C)C. The van der Waals surface area contributed by atoms with Gasteiger partial charge in [0.15, 0.2) is 6.71 Å². The van der Waals surface area contributed by atoms with Gasteiger partial charge in [0.05, 0.1) is 0 Å². The Morgan fingerprint density at radius 2 is 0.615 bits per heavy atom. The van der Waals surface area contributed by atoms with Gasteiger partial charge >= 0.3 is 0 Å². The average molecular weight is 182 g/mol. The molecule has 0 heterocycles. The van der Waals surface area contributed by atoms with Crippen LogP contribution in [0.5, 0.6) is 0 Å². The van der Waals surface area contributed by atoms with Gasteiger partial charge in [0.2, 0.25) is 0 Å². The Kier molecular flexibility index (Phi) is 3.35. The molecule has 13 heavy (non-hydrogen) atoms. The summed E-state index contributed by atoms with van der Waals surface area (Å²) >= 11 is 0. The predicted molar refractivity (Wildman–Crippen MR) is 64.9 cm³/mol. The van der Waals surface area contributed by atoms with Gasteiger partial charge in [0.1, 0.15) is 0 Å². The van der Waals surface area contributed by atoms with Crippen LogP contribution >= 0.6 is 0 Å². The molecule has 0 saturated heterocycles. The topological polar surface area (TPSA) is 0 Å². The molecular formula is C12H27B. The quantitative estimate of drug-likeness (QED) is 0.468. The summed E-state index contributed by atoms with van der Waals surface area (Å²) in [6, 6.07) is 0. The van der Waals surface area contributed by atoms with E-state index in [9.17, 15) is 0 Å². The van der Waals surface area contributed by atoms with Gasteiger partial charge in [0, 0.05) is 0 Å². The van der Waals surface area contributed by atoms with Crippen LogP contribution in [0.1, 0.15) is 62.3 Å². The minimum atomic E-state index is 0.385. The van der Waals surface area contributed by atoms with Crippen molar-refractivity contribution in [2.45, 2.75) is 78.3 Å². The highest BCUT2D eigenvalue weighted by atomic mass is 14.2. The molecule has 0 radical (unpaired) electrons. The second-order valence-electron chi connectivity index (χ2n) is 7.53. The van der Waals surface area contributed by atoms with E-state index in [1.807, 2.05) is 0 Å². The van der Waals surface area contributed by atoms with Gasteiger partial charge in [-0.25, -0.2) is 0 Å². The van der Waals surface area contributed by atoms with E-state index in [2.05, 4.69) is 62.3 Å². The maximum absolute atomic E-state index is 2.36. The zero-order valence-electron chi connectivity index (χ0n) is 11.1. The van der Waals surface area contributed by atoms with Crippen molar-refractivity contribution >= 4 is 6.71 Å². The van der Waals surface area contributed by atoms with Gasteiger partial charge in [-0.05, 0) is 0 Å². The first-order valence-electron chi connectivity index (χ1n) is 5.37. The van der Waals surface area contributed by atoms with Crippen molar-refractivity contribution in [3.05, 3.63) is 0 Å². The lowest BCUT2D eigenvalue weighted by Gasteiger charge is -2.46. The molecule has 0 saturated carbocycles. The average Bonchev–Trinajstić information content (AvgIpc) is 1.44. The maximum Gasteiger partial charge on any atom is 0.156 e. The highest BCUT2D eigenvalue weighted by molar-refractivity contribution is 6.68. The summed E-state index contributed by atoms with van der Waals surface area (Å²) in [6.45, 7) is 21.9. The standard InChI is InChI=1S/C12H27B/c1-10(2,3)13(11(4,5)6)12(7,8)9/h1-9H3. The summed E-state index contributed by atoms with van der Waals surface area (Å²) < 4.78 is 0. The smallest absolute Gasteiger partial charge is 0.0667 e. The van der Waals surface area contributed by atoms with Gasteiger partial charge in [0.25, 0.3) is 0 Å². The Morgan fingerprint density at radius 1 is 0.462 bits per heavy atom. The van der Waals surface area contributed by atoms with Crippen LogP contribution in [0.2, 0.25) is 15.9 Å². The zero-order valence-corrected chi connectivity index (χ0v) is 11.1. The third-order valence-corrected chi connectivity index (χ3v) is 2.60. The summed E-state index contributed by atoms with van der Waals surface area (Å²) in [4.78, 5) is 0. The lowest BCUT2D eigenvalue weighted by Crippen LogP contribution is -2.42. The minimum absolute atomic E-state index is 0.385. The highest BCUT2D eigenvalue weighted by Gasteiger charge is 2.45. The van der Waals surface area contributed by atoms with Gasteiger partial charge in [-0.2, -0.15) is 0 Å². The number of rotatable bonds is 0. The molecule has 0 N–H and O–H groups in total. The molecule has 0 atom stereocenters. The molecule has 0 aromatic rings. The van der Waals surface area contributed by atoms with Crippen molar-refractivity contribution in [1.82, 2.24) is 0 Å². The number of hydrogen-bond donors (Lipinski definition) is 0. The summed E-state index contributed by atoms with van der Waals surface area (Å²) in [5.74, 6) is 0. The van der Waals surface area contributed by atoms with Crippen LogP contribution in [0.4, 0.5) is 0 Å². The third-order valence-electron chi connectivity index (χ3n) is 2.60. The fourth-order valence-electron chi connectivity index (χ4n) is 3.90. The first-order valence-corrected chi connectivity index (χ1v) is 5.37. The summed E-state index contributed by atoms with van der Waals surface area (Å²) in [6.07, 6.45) is 0. The fourth-order valence-corrected chi connectivity index (χ4v) is 3.90. The van der Waals surface area contributed by atoms with Crippen molar-refractivity contribution in [3.63, 3.8) is 0 Å². The molecule has 1 heteroatoms. The molecule has 0 bridgehead atoms. The van der Waals surface area contributed by atoms with E-state index in [-0.39, 0.29) is 0 Å². The van der Waals surface area contributed by atoms with Crippen molar-refractivity contribution < 1.29 is 0 Å². The first kappa shape index (κ1) is 13.1. The molecule has 0 aliphatic heterocycles. The molecule has 0 nitrogen and oxygen atoms in total. The van der Waals surface area contributed by atoms with Crippen LogP contribution in [0.25, 0.3) is 0 Å². The lowest BCUT2D eigenvalue weighted by atomic mass is 9.15. The van der Waals surface area contributed by atoms with Crippen molar-refractivity contribution in [3.8, 4) is 0 Å². The van der Waals surface area contributed by atoms with Crippen molar-refractivity contribution in [2.75, 3.05) is 0 Å². The summed E-state index contributed by atoms with van der Waals surface area (Å²) in [5, 5.41) is 1.16. The van der Waals surface area contributed by atoms with Gasteiger partial charge < -0.3 is 0 Å². The van der Waals surface area contributed by atoms with E-state index in [4.69, 9.17) is 0 Å². The van der Waals surface area contributed by atoms with E-state index in [1.54, 1.807) is 0 Å². The van der Waals surface area contributed by atoms with Crippen LogP contribution < -0.4 is 0 Å². The van der Waals surface area contributed by atoms with Crippen molar-refractivity contribution in [2.24, 2.45) is 0 Å². The Bertz CT molecular complexity index is 128. The second-order valence-corrected chi connectivity index (χ2v) is 7.53. The van der Waals surface area contributed by atoms with E-state index in [0.29, 0.717) is 15.9 Å². The largest absolute Gasteiger partial charge is 0.156 e. The van der Waals surface area contributed by atoms with Gasteiger partial charge in [-0.3, -0.25) is 0 Å². The molecule has 0 aromatic carbocycles. The van der Waals surface area contributed by atoms with E-state index in [0.717, 1.165) is 6.71 Å². The normalized spacial score (nSPS) is 14.5. The van der Waals surface area contributed by atoms with Crippen LogP contribution in [-0.2, 0) is 0 Å². The zero-order chi connectivity index (χ0) is 11.1. The molecule has 0 spiro atoms. The van der Waals surface area contributed by atoms with E-state index < -0.39 is 0 Å². The molecule has 0 unspecified atom stereocenters. The third kappa shape index (κ3) is 3.75. The Labute approximate surface area is 85.6 Å². The van der Waals surface area contributed by atoms with Crippen LogP contribution in [-0.4, -0.2) is 6.71 Å². The molecule has 0 aliphatic rings. The van der Waals surface area contributed by atoms with Crippen LogP contribution in [0, 0.1) is 0 Å². The van der Waals surface area contributed by atoms with Crippen LogP contribution in [0.3, 0.4) is 0 Å². The van der Waals surface area contributed by atoms with Crippen molar-refractivity contribution in [1.29, 1.82) is 0 Å². The Hall–Kier alpha value is 0.0649. The molecule has 0 aromatic heterocycles. The second kappa shape index (κ2) is 3.33. The minimum Gasteiger partial charge on any atom is -0.0667 e. The Balaban J connectivity index is 5.02. The monoisotopic (exact) mass is 182 g/mol. The maximum atomic E-state index is 2.36. The van der Waals surface area contributed by atoms with E-state index in [1.165, 1.54) is 0 Å². The Morgan fingerprint density at radius 3 is 0.615 bits per heavy atom. The molecule has 0 rings (SSSR count). The van der Waals surface area contributed by atoms with E-state index >= 15 is 0 Å². The first-order chi connectivity index (χ1) is 5.37. The summed E-state index contributed by atoms with van der Waals surface area (Å²) in [5.41, 5.74) is 0. The molecule has 0 fully saturated rings. The number of hydrogen-bond acceptors (Lipinski definition) is 0. The predicted octanol–water partition coefficient (Wildman–Crippen LogP) is 4.88. The lowest BCUT2D eigenvalue weighted by molar-refractivity contribution is 0.568. The highest BCUT2D eigenvalue weighted by Crippen LogP contribution is 2.52. The van der Waals surface area contributed by atoms with Crippen LogP contribution in [0.15, 0.2) is 0 Å². The fraction of sp³-hybridized carbons (Fsp3) is 1.00. The molecule has 78 valence electrons. The molecule has 0 aliphatic carbocycles. The van der Waals surface area contributed by atoms with Gasteiger partial charge in [-0.1, -0.05) is 78.3 Å². The summed E-state index contributed by atoms with van der Waals surface area (Å²) in [7, 11) is 0.